The topological polar surface area (TPSA) is 27.0 Å². The number of hydrogen-bond acceptors (Lipinski definition) is 2. The first-order valence-electron chi connectivity index (χ1n) is 5.54. The third-order valence-corrected chi connectivity index (χ3v) is 3.49. The van der Waals surface area contributed by atoms with E-state index in [0.29, 0.717) is 5.92 Å². The van der Waals surface area contributed by atoms with Gasteiger partial charge in [-0.25, -0.2) is 0 Å². The fourth-order valence-corrected chi connectivity index (χ4v) is 2.69. The highest BCUT2D eigenvalue weighted by molar-refractivity contribution is 4.94. The van der Waals surface area contributed by atoms with Gasteiger partial charge in [-0.3, -0.25) is 0 Å². The minimum atomic E-state index is 0.354. The molecule has 1 saturated heterocycles. The van der Waals surface area contributed by atoms with Crippen molar-refractivity contribution in [2.24, 2.45) is 5.92 Å². The Bertz CT molecular complexity index is 201. The molecule has 2 heteroatoms. The second-order valence-electron chi connectivity index (χ2n) is 4.39. The van der Waals surface area contributed by atoms with Gasteiger partial charge >= 0.3 is 0 Å². The molecule has 1 aliphatic carbocycles. The van der Waals surface area contributed by atoms with Crippen LogP contribution >= 0.6 is 0 Å². The first kappa shape index (κ1) is 9.02. The molecule has 2 rings (SSSR count). The molecule has 72 valence electrons. The SMILES string of the molecule is N#CC1CCC(N2CCCCC2)C1. The summed E-state index contributed by atoms with van der Waals surface area (Å²) in [5.41, 5.74) is 0. The van der Waals surface area contributed by atoms with Crippen molar-refractivity contribution < 1.29 is 0 Å². The molecule has 2 fully saturated rings. The number of hydrogen-bond donors (Lipinski definition) is 0. The predicted molar refractivity (Wildman–Crippen MR) is 52.2 cm³/mol. The van der Waals surface area contributed by atoms with E-state index in [0.717, 1.165) is 18.9 Å². The van der Waals surface area contributed by atoms with Crippen LogP contribution in [0.3, 0.4) is 0 Å². The molecule has 0 aromatic heterocycles. The Labute approximate surface area is 80.5 Å². The first-order valence-corrected chi connectivity index (χ1v) is 5.54. The second kappa shape index (κ2) is 4.11. The number of nitrogens with zero attached hydrogens (tertiary/aromatic N) is 2. The molecule has 1 saturated carbocycles. The summed E-state index contributed by atoms with van der Waals surface area (Å²) in [6.07, 6.45) is 7.68. The highest BCUT2D eigenvalue weighted by Gasteiger charge is 2.29. The van der Waals surface area contributed by atoms with Crippen molar-refractivity contribution in [3.05, 3.63) is 0 Å². The summed E-state index contributed by atoms with van der Waals surface area (Å²) in [6, 6.07) is 3.15. The predicted octanol–water partition coefficient (Wildman–Crippen LogP) is 2.16. The average molecular weight is 178 g/mol. The average Bonchev–Trinajstić information content (AvgIpc) is 2.67. The summed E-state index contributed by atoms with van der Waals surface area (Å²) in [6.45, 7) is 2.56. The summed E-state index contributed by atoms with van der Waals surface area (Å²) in [4.78, 5) is 2.61. The largest absolute Gasteiger partial charge is 0.300 e. The fourth-order valence-electron chi connectivity index (χ4n) is 2.69. The van der Waals surface area contributed by atoms with Crippen molar-refractivity contribution >= 4 is 0 Å². The minimum Gasteiger partial charge on any atom is -0.300 e. The molecule has 2 aliphatic rings. The number of rotatable bonds is 1. The maximum absolute atomic E-state index is 8.81. The third kappa shape index (κ3) is 2.03. The van der Waals surface area contributed by atoms with E-state index in [-0.39, 0.29) is 0 Å². The summed E-state index contributed by atoms with van der Waals surface area (Å²) in [5, 5.41) is 8.81. The lowest BCUT2D eigenvalue weighted by Crippen LogP contribution is -2.37. The molecule has 2 atom stereocenters. The molecule has 0 aromatic rings. The van der Waals surface area contributed by atoms with Crippen LogP contribution in [0.25, 0.3) is 0 Å². The molecule has 0 spiro atoms. The molecular weight excluding hydrogens is 160 g/mol. The van der Waals surface area contributed by atoms with E-state index in [1.54, 1.807) is 0 Å². The number of nitriles is 1. The quantitative estimate of drug-likeness (QED) is 0.615. The third-order valence-electron chi connectivity index (χ3n) is 3.49. The Kier molecular flexibility index (Phi) is 2.85. The maximum Gasteiger partial charge on any atom is 0.0656 e. The highest BCUT2D eigenvalue weighted by atomic mass is 15.2. The second-order valence-corrected chi connectivity index (χ2v) is 4.39. The van der Waals surface area contributed by atoms with Crippen molar-refractivity contribution in [2.75, 3.05) is 13.1 Å². The van der Waals surface area contributed by atoms with E-state index in [2.05, 4.69) is 11.0 Å². The number of likely N-dealkylation sites (tertiary alicyclic amines) is 1. The molecular formula is C11H18N2. The van der Waals surface area contributed by atoms with E-state index >= 15 is 0 Å². The molecule has 0 bridgehead atoms. The van der Waals surface area contributed by atoms with Gasteiger partial charge in [0.1, 0.15) is 0 Å². The molecule has 2 nitrogen and oxygen atoms in total. The van der Waals surface area contributed by atoms with Gasteiger partial charge in [0.2, 0.25) is 0 Å². The minimum absolute atomic E-state index is 0.354. The molecule has 0 N–H and O–H groups in total. The molecule has 1 heterocycles. The zero-order valence-electron chi connectivity index (χ0n) is 8.21. The van der Waals surface area contributed by atoms with Crippen molar-refractivity contribution in [1.82, 2.24) is 4.90 Å². The van der Waals surface area contributed by atoms with E-state index in [1.807, 2.05) is 0 Å². The van der Waals surface area contributed by atoms with Crippen LogP contribution in [0.4, 0.5) is 0 Å². The first-order chi connectivity index (χ1) is 6.40. The van der Waals surface area contributed by atoms with Crippen molar-refractivity contribution in [3.8, 4) is 6.07 Å². The fraction of sp³-hybridized carbons (Fsp3) is 0.909. The Hall–Kier alpha value is -0.550. The Morgan fingerprint density at radius 1 is 1.08 bits per heavy atom. The van der Waals surface area contributed by atoms with E-state index < -0.39 is 0 Å². The molecule has 0 amide bonds. The summed E-state index contributed by atoms with van der Waals surface area (Å²) in [7, 11) is 0. The van der Waals surface area contributed by atoms with Crippen LogP contribution in [0.5, 0.6) is 0 Å². The van der Waals surface area contributed by atoms with Gasteiger partial charge in [-0.05, 0) is 45.2 Å². The number of piperidine rings is 1. The zero-order valence-corrected chi connectivity index (χ0v) is 8.21. The summed E-state index contributed by atoms with van der Waals surface area (Å²) < 4.78 is 0. The molecule has 13 heavy (non-hydrogen) atoms. The van der Waals surface area contributed by atoms with Gasteiger partial charge in [0.05, 0.1) is 6.07 Å². The van der Waals surface area contributed by atoms with Crippen LogP contribution < -0.4 is 0 Å². The lowest BCUT2D eigenvalue weighted by Gasteiger charge is -2.32. The molecule has 0 aromatic carbocycles. The van der Waals surface area contributed by atoms with Crippen LogP contribution in [0.1, 0.15) is 38.5 Å². The van der Waals surface area contributed by atoms with E-state index in [4.69, 9.17) is 5.26 Å². The van der Waals surface area contributed by atoms with Gasteiger partial charge in [0, 0.05) is 12.0 Å². The Balaban J connectivity index is 1.84. The smallest absolute Gasteiger partial charge is 0.0656 e. The molecule has 1 aliphatic heterocycles. The Morgan fingerprint density at radius 2 is 1.85 bits per heavy atom. The summed E-state index contributed by atoms with van der Waals surface area (Å²) in [5.74, 6) is 0.354. The van der Waals surface area contributed by atoms with Crippen LogP contribution in [-0.4, -0.2) is 24.0 Å². The van der Waals surface area contributed by atoms with Crippen LogP contribution in [-0.2, 0) is 0 Å². The zero-order chi connectivity index (χ0) is 9.10. The van der Waals surface area contributed by atoms with Gasteiger partial charge in [0.15, 0.2) is 0 Å². The van der Waals surface area contributed by atoms with E-state index in [1.165, 1.54) is 38.8 Å². The van der Waals surface area contributed by atoms with Crippen molar-refractivity contribution in [2.45, 2.75) is 44.6 Å². The van der Waals surface area contributed by atoms with Crippen molar-refractivity contribution in [3.63, 3.8) is 0 Å². The maximum atomic E-state index is 8.81. The van der Waals surface area contributed by atoms with Gasteiger partial charge in [-0.1, -0.05) is 6.42 Å². The lowest BCUT2D eigenvalue weighted by atomic mass is 10.1. The standard InChI is InChI=1S/C11H18N2/c12-9-10-4-5-11(8-10)13-6-2-1-3-7-13/h10-11H,1-8H2. The van der Waals surface area contributed by atoms with E-state index in [9.17, 15) is 0 Å². The lowest BCUT2D eigenvalue weighted by molar-refractivity contribution is 0.164. The highest BCUT2D eigenvalue weighted by Crippen LogP contribution is 2.30. The monoisotopic (exact) mass is 178 g/mol. The van der Waals surface area contributed by atoms with Crippen LogP contribution in [0.2, 0.25) is 0 Å². The normalized spacial score (nSPS) is 35.9. The van der Waals surface area contributed by atoms with Gasteiger partial charge in [0.25, 0.3) is 0 Å². The van der Waals surface area contributed by atoms with Crippen LogP contribution in [0, 0.1) is 17.2 Å². The van der Waals surface area contributed by atoms with Gasteiger partial charge in [-0.2, -0.15) is 5.26 Å². The van der Waals surface area contributed by atoms with Crippen LogP contribution in [0.15, 0.2) is 0 Å². The van der Waals surface area contributed by atoms with Crippen molar-refractivity contribution in [1.29, 1.82) is 5.26 Å². The van der Waals surface area contributed by atoms with Gasteiger partial charge in [-0.15, -0.1) is 0 Å². The van der Waals surface area contributed by atoms with Gasteiger partial charge < -0.3 is 4.90 Å². The Morgan fingerprint density at radius 3 is 2.46 bits per heavy atom. The molecule has 2 unspecified atom stereocenters. The summed E-state index contributed by atoms with van der Waals surface area (Å²) >= 11 is 0. The molecule has 0 radical (unpaired) electrons.